The van der Waals surface area contributed by atoms with Gasteiger partial charge in [0.15, 0.2) is 0 Å². The van der Waals surface area contributed by atoms with Gasteiger partial charge in [-0.25, -0.2) is 0 Å². The SMILES string of the molecule is Cc1occc1C(=O)N1CC(C(C)C(=O)O)C1. The smallest absolute Gasteiger partial charge is 0.306 e. The van der Waals surface area contributed by atoms with Gasteiger partial charge in [-0.2, -0.15) is 0 Å². The predicted molar refractivity (Wildman–Crippen MR) is 59.6 cm³/mol. The quantitative estimate of drug-likeness (QED) is 0.862. The van der Waals surface area contributed by atoms with Gasteiger partial charge in [-0.05, 0) is 13.0 Å². The topological polar surface area (TPSA) is 70.8 Å². The molecule has 0 spiro atoms. The summed E-state index contributed by atoms with van der Waals surface area (Å²) in [5.74, 6) is -0.621. The van der Waals surface area contributed by atoms with E-state index >= 15 is 0 Å². The summed E-state index contributed by atoms with van der Waals surface area (Å²) in [5, 5.41) is 8.85. The number of amides is 1. The molecule has 1 amide bonds. The van der Waals surface area contributed by atoms with E-state index in [2.05, 4.69) is 0 Å². The van der Waals surface area contributed by atoms with Crippen LogP contribution in [-0.2, 0) is 4.79 Å². The number of aliphatic carboxylic acids is 1. The molecule has 0 radical (unpaired) electrons. The molecule has 1 aliphatic heterocycles. The number of furan rings is 1. The Labute approximate surface area is 99.0 Å². The van der Waals surface area contributed by atoms with Crippen molar-refractivity contribution < 1.29 is 19.1 Å². The van der Waals surface area contributed by atoms with Gasteiger partial charge in [0.25, 0.3) is 5.91 Å². The minimum absolute atomic E-state index is 0.0589. The number of likely N-dealkylation sites (tertiary alicyclic amines) is 1. The molecule has 2 heterocycles. The molecule has 1 aromatic rings. The summed E-state index contributed by atoms with van der Waals surface area (Å²) in [7, 11) is 0. The zero-order chi connectivity index (χ0) is 12.6. The van der Waals surface area contributed by atoms with Crippen LogP contribution >= 0.6 is 0 Å². The van der Waals surface area contributed by atoms with Crippen LogP contribution in [0.4, 0.5) is 0 Å². The Morgan fingerprint density at radius 3 is 2.65 bits per heavy atom. The van der Waals surface area contributed by atoms with Crippen LogP contribution in [-0.4, -0.2) is 35.0 Å². The minimum Gasteiger partial charge on any atom is -0.481 e. The van der Waals surface area contributed by atoms with E-state index in [9.17, 15) is 9.59 Å². The monoisotopic (exact) mass is 237 g/mol. The number of hydrogen-bond donors (Lipinski definition) is 1. The van der Waals surface area contributed by atoms with E-state index in [-0.39, 0.29) is 11.8 Å². The lowest BCUT2D eigenvalue weighted by atomic mass is 9.86. The van der Waals surface area contributed by atoms with Crippen molar-refractivity contribution >= 4 is 11.9 Å². The van der Waals surface area contributed by atoms with Gasteiger partial charge in [-0.1, -0.05) is 6.92 Å². The fraction of sp³-hybridized carbons (Fsp3) is 0.500. The number of carbonyl (C=O) groups excluding carboxylic acids is 1. The van der Waals surface area contributed by atoms with Gasteiger partial charge in [-0.15, -0.1) is 0 Å². The molecule has 1 N–H and O–H groups in total. The maximum atomic E-state index is 12.0. The van der Waals surface area contributed by atoms with Gasteiger partial charge in [0.1, 0.15) is 5.76 Å². The highest BCUT2D eigenvalue weighted by Crippen LogP contribution is 2.26. The van der Waals surface area contributed by atoms with Crippen molar-refractivity contribution in [3.05, 3.63) is 23.7 Å². The van der Waals surface area contributed by atoms with Gasteiger partial charge < -0.3 is 14.4 Å². The number of hydrogen-bond acceptors (Lipinski definition) is 3. The summed E-state index contributed by atoms with van der Waals surface area (Å²) in [4.78, 5) is 24.4. The highest BCUT2D eigenvalue weighted by atomic mass is 16.4. The van der Waals surface area contributed by atoms with E-state index in [1.165, 1.54) is 6.26 Å². The van der Waals surface area contributed by atoms with Gasteiger partial charge in [0.05, 0.1) is 17.7 Å². The predicted octanol–water partition coefficient (Wildman–Crippen LogP) is 1.38. The van der Waals surface area contributed by atoms with Crippen LogP contribution in [0, 0.1) is 18.8 Å². The van der Waals surface area contributed by atoms with E-state index in [1.54, 1.807) is 24.8 Å². The molecule has 92 valence electrons. The molecule has 2 rings (SSSR count). The van der Waals surface area contributed by atoms with Crippen molar-refractivity contribution in [2.24, 2.45) is 11.8 Å². The molecule has 1 unspecified atom stereocenters. The molecule has 17 heavy (non-hydrogen) atoms. The van der Waals surface area contributed by atoms with Gasteiger partial charge in [0.2, 0.25) is 0 Å². The molecule has 0 bridgehead atoms. The first-order valence-corrected chi connectivity index (χ1v) is 5.57. The van der Waals surface area contributed by atoms with Gasteiger partial charge >= 0.3 is 5.97 Å². The fourth-order valence-corrected chi connectivity index (χ4v) is 1.97. The van der Waals surface area contributed by atoms with Crippen LogP contribution in [0.2, 0.25) is 0 Å². The first-order valence-electron chi connectivity index (χ1n) is 5.57. The van der Waals surface area contributed by atoms with Crippen LogP contribution in [0.3, 0.4) is 0 Å². The van der Waals surface area contributed by atoms with Crippen LogP contribution in [0.15, 0.2) is 16.7 Å². The second-order valence-corrected chi connectivity index (χ2v) is 4.49. The van der Waals surface area contributed by atoms with Crippen LogP contribution < -0.4 is 0 Å². The van der Waals surface area contributed by atoms with E-state index in [0.29, 0.717) is 24.4 Å². The number of rotatable bonds is 3. The van der Waals surface area contributed by atoms with Crippen LogP contribution in [0.5, 0.6) is 0 Å². The average Bonchev–Trinajstić information content (AvgIpc) is 2.61. The Bertz CT molecular complexity index is 445. The highest BCUT2D eigenvalue weighted by molar-refractivity contribution is 5.95. The third-order valence-electron chi connectivity index (χ3n) is 3.38. The van der Waals surface area contributed by atoms with Crippen LogP contribution in [0.1, 0.15) is 23.0 Å². The molecule has 1 aromatic heterocycles. The molecule has 1 atom stereocenters. The molecule has 0 aromatic carbocycles. The van der Waals surface area contributed by atoms with Crippen molar-refractivity contribution in [3.63, 3.8) is 0 Å². The molecular formula is C12H15NO4. The molecule has 1 fully saturated rings. The van der Waals surface area contributed by atoms with E-state index < -0.39 is 11.9 Å². The fourth-order valence-electron chi connectivity index (χ4n) is 1.97. The summed E-state index contributed by atoms with van der Waals surface area (Å²) in [5.41, 5.74) is 0.562. The van der Waals surface area contributed by atoms with Crippen molar-refractivity contribution in [2.75, 3.05) is 13.1 Å². The zero-order valence-corrected chi connectivity index (χ0v) is 9.84. The maximum absolute atomic E-state index is 12.0. The second-order valence-electron chi connectivity index (χ2n) is 4.49. The van der Waals surface area contributed by atoms with Gasteiger partial charge in [0, 0.05) is 19.0 Å². The van der Waals surface area contributed by atoms with Crippen molar-refractivity contribution in [1.82, 2.24) is 4.90 Å². The normalized spacial score (nSPS) is 17.6. The highest BCUT2D eigenvalue weighted by Gasteiger charge is 2.37. The molecule has 5 heteroatoms. The number of carbonyl (C=O) groups is 2. The number of nitrogens with zero attached hydrogens (tertiary/aromatic N) is 1. The average molecular weight is 237 g/mol. The third kappa shape index (κ3) is 2.05. The van der Waals surface area contributed by atoms with Crippen molar-refractivity contribution in [1.29, 1.82) is 0 Å². The lowest BCUT2D eigenvalue weighted by Gasteiger charge is -2.41. The second kappa shape index (κ2) is 4.24. The Balaban J connectivity index is 1.95. The molecule has 1 saturated heterocycles. The summed E-state index contributed by atoms with van der Waals surface area (Å²) in [6.45, 7) is 4.44. The standard InChI is InChI=1S/C12H15NO4/c1-7(12(15)16)9-5-13(6-9)11(14)10-3-4-17-8(10)2/h3-4,7,9H,5-6H2,1-2H3,(H,15,16). The zero-order valence-electron chi connectivity index (χ0n) is 9.84. The lowest BCUT2D eigenvalue weighted by Crippen LogP contribution is -2.53. The number of aryl methyl sites for hydroxylation is 1. The van der Waals surface area contributed by atoms with Crippen molar-refractivity contribution in [3.8, 4) is 0 Å². The van der Waals surface area contributed by atoms with E-state index in [1.807, 2.05) is 0 Å². The Morgan fingerprint density at radius 1 is 1.53 bits per heavy atom. The largest absolute Gasteiger partial charge is 0.481 e. The maximum Gasteiger partial charge on any atom is 0.306 e. The summed E-state index contributed by atoms with van der Waals surface area (Å²) < 4.78 is 5.08. The Kier molecular flexibility index (Phi) is 2.92. The van der Waals surface area contributed by atoms with E-state index in [4.69, 9.17) is 9.52 Å². The molecular weight excluding hydrogens is 222 g/mol. The molecule has 5 nitrogen and oxygen atoms in total. The summed E-state index contributed by atoms with van der Waals surface area (Å²) in [6, 6.07) is 1.64. The Morgan fingerprint density at radius 2 is 2.18 bits per heavy atom. The third-order valence-corrected chi connectivity index (χ3v) is 3.38. The molecule has 0 saturated carbocycles. The number of carboxylic acid groups (broad SMARTS) is 1. The van der Waals surface area contributed by atoms with E-state index in [0.717, 1.165) is 0 Å². The van der Waals surface area contributed by atoms with Crippen molar-refractivity contribution in [2.45, 2.75) is 13.8 Å². The summed E-state index contributed by atoms with van der Waals surface area (Å²) in [6.07, 6.45) is 1.49. The molecule has 0 aliphatic carbocycles. The summed E-state index contributed by atoms with van der Waals surface area (Å²) >= 11 is 0. The lowest BCUT2D eigenvalue weighted by molar-refractivity contribution is -0.144. The first-order chi connectivity index (χ1) is 8.00. The van der Waals surface area contributed by atoms with Crippen LogP contribution in [0.25, 0.3) is 0 Å². The van der Waals surface area contributed by atoms with Gasteiger partial charge in [-0.3, -0.25) is 9.59 Å². The molecule has 1 aliphatic rings. The Hall–Kier alpha value is -1.78. The minimum atomic E-state index is -0.804. The number of carboxylic acids is 1. The first kappa shape index (κ1) is 11.7.